The Morgan fingerprint density at radius 1 is 1.32 bits per heavy atom. The van der Waals surface area contributed by atoms with Gasteiger partial charge in [0.25, 0.3) is 0 Å². The molecule has 22 heavy (non-hydrogen) atoms. The lowest BCUT2D eigenvalue weighted by Gasteiger charge is -2.23. The normalized spacial score (nSPS) is 18.1. The second kappa shape index (κ2) is 6.18. The molecule has 0 saturated heterocycles. The van der Waals surface area contributed by atoms with Crippen molar-refractivity contribution in [2.75, 3.05) is 12.3 Å². The van der Waals surface area contributed by atoms with Crippen molar-refractivity contribution in [2.45, 2.75) is 37.2 Å². The highest BCUT2D eigenvalue weighted by Crippen LogP contribution is 2.13. The molecule has 0 amide bonds. The molecule has 0 spiro atoms. The molecule has 118 valence electrons. The highest BCUT2D eigenvalue weighted by molar-refractivity contribution is 7.91. The van der Waals surface area contributed by atoms with E-state index in [1.807, 2.05) is 17.7 Å². The summed E-state index contributed by atoms with van der Waals surface area (Å²) in [6.07, 6.45) is 1.84. The van der Waals surface area contributed by atoms with Gasteiger partial charge in [0.2, 0.25) is 0 Å². The topological polar surface area (TPSA) is 76.9 Å². The van der Waals surface area contributed by atoms with E-state index in [0.717, 1.165) is 31.0 Å². The molecule has 7 heteroatoms. The number of sulfone groups is 1. The van der Waals surface area contributed by atoms with Gasteiger partial charge in [-0.2, -0.15) is 5.10 Å². The van der Waals surface area contributed by atoms with Crippen LogP contribution in [0.5, 0.6) is 0 Å². The summed E-state index contributed by atoms with van der Waals surface area (Å²) in [4.78, 5) is 4.76. The molecule has 1 aliphatic rings. The standard InChI is InChI=1S/C15H20N4O2S/c1-12-17-15-8-7-13(11-19(15)18-12)16-9-10-22(20,21)14-5-3-2-4-6-14/h2-6,13,16H,7-11H2,1H3/t13-/m1/s1. The summed E-state index contributed by atoms with van der Waals surface area (Å²) in [5.74, 6) is 1.92. The van der Waals surface area contributed by atoms with Gasteiger partial charge >= 0.3 is 0 Å². The smallest absolute Gasteiger partial charge is 0.179 e. The number of nitrogens with zero attached hydrogens (tertiary/aromatic N) is 3. The molecule has 0 unspecified atom stereocenters. The highest BCUT2D eigenvalue weighted by Gasteiger charge is 2.21. The first-order valence-electron chi connectivity index (χ1n) is 7.46. The van der Waals surface area contributed by atoms with Crippen LogP contribution >= 0.6 is 0 Å². The summed E-state index contributed by atoms with van der Waals surface area (Å²) < 4.78 is 26.3. The number of nitrogens with one attached hydrogen (secondary N) is 1. The highest BCUT2D eigenvalue weighted by atomic mass is 32.2. The Labute approximate surface area is 130 Å². The van der Waals surface area contributed by atoms with Crippen LogP contribution in [-0.4, -0.2) is 41.5 Å². The summed E-state index contributed by atoms with van der Waals surface area (Å²) in [7, 11) is -3.21. The molecule has 2 aromatic rings. The van der Waals surface area contributed by atoms with E-state index in [1.165, 1.54) is 0 Å². The number of fused-ring (bicyclic) bond motifs is 1. The molecule has 1 aromatic carbocycles. The van der Waals surface area contributed by atoms with E-state index < -0.39 is 9.84 Å². The molecule has 1 N–H and O–H groups in total. The quantitative estimate of drug-likeness (QED) is 0.888. The van der Waals surface area contributed by atoms with Crippen molar-refractivity contribution >= 4 is 9.84 Å². The Kier molecular flexibility index (Phi) is 4.26. The van der Waals surface area contributed by atoms with E-state index in [4.69, 9.17) is 0 Å². The number of benzene rings is 1. The van der Waals surface area contributed by atoms with Crippen LogP contribution in [0.15, 0.2) is 35.2 Å². The number of rotatable bonds is 5. The molecule has 2 heterocycles. The van der Waals surface area contributed by atoms with Gasteiger partial charge < -0.3 is 5.32 Å². The SMILES string of the molecule is Cc1nc2n(n1)C[C@H](NCCS(=O)(=O)c1ccccc1)CC2. The van der Waals surface area contributed by atoms with Crippen molar-refractivity contribution in [3.63, 3.8) is 0 Å². The van der Waals surface area contributed by atoms with E-state index in [0.29, 0.717) is 11.4 Å². The Hall–Kier alpha value is -1.73. The third-order valence-corrected chi connectivity index (χ3v) is 5.60. The van der Waals surface area contributed by atoms with E-state index in [1.54, 1.807) is 24.3 Å². The first-order chi connectivity index (χ1) is 10.5. The molecule has 3 rings (SSSR count). The van der Waals surface area contributed by atoms with Gasteiger partial charge in [-0.05, 0) is 25.5 Å². The van der Waals surface area contributed by atoms with Crippen molar-refractivity contribution in [1.29, 1.82) is 0 Å². The first kappa shape index (κ1) is 15.2. The van der Waals surface area contributed by atoms with Crippen LogP contribution in [0.2, 0.25) is 0 Å². The monoisotopic (exact) mass is 320 g/mol. The third-order valence-electron chi connectivity index (χ3n) is 3.87. The van der Waals surface area contributed by atoms with Crippen LogP contribution in [-0.2, 0) is 22.8 Å². The Bertz CT molecular complexity index is 740. The van der Waals surface area contributed by atoms with Crippen LogP contribution < -0.4 is 5.32 Å². The lowest BCUT2D eigenvalue weighted by atomic mass is 10.1. The van der Waals surface area contributed by atoms with E-state index in [2.05, 4.69) is 15.4 Å². The van der Waals surface area contributed by atoms with Crippen molar-refractivity contribution in [2.24, 2.45) is 0 Å². The van der Waals surface area contributed by atoms with Gasteiger partial charge in [0, 0.05) is 19.0 Å². The Morgan fingerprint density at radius 2 is 2.09 bits per heavy atom. The van der Waals surface area contributed by atoms with Gasteiger partial charge in [-0.1, -0.05) is 18.2 Å². The van der Waals surface area contributed by atoms with Crippen molar-refractivity contribution in [3.8, 4) is 0 Å². The molecular weight excluding hydrogens is 300 g/mol. The number of hydrogen-bond donors (Lipinski definition) is 1. The van der Waals surface area contributed by atoms with Crippen LogP contribution in [0.25, 0.3) is 0 Å². The zero-order valence-corrected chi connectivity index (χ0v) is 13.4. The summed E-state index contributed by atoms with van der Waals surface area (Å²) >= 11 is 0. The summed E-state index contributed by atoms with van der Waals surface area (Å²) in [6.45, 7) is 3.09. The van der Waals surface area contributed by atoms with Gasteiger partial charge in [-0.15, -0.1) is 0 Å². The Balaban J connectivity index is 1.54. The summed E-state index contributed by atoms with van der Waals surface area (Å²) in [5, 5.41) is 7.68. The molecule has 0 fully saturated rings. The molecule has 1 aliphatic heterocycles. The number of hydrogen-bond acceptors (Lipinski definition) is 5. The maximum Gasteiger partial charge on any atom is 0.179 e. The molecule has 0 radical (unpaired) electrons. The number of aryl methyl sites for hydroxylation is 2. The zero-order valence-electron chi connectivity index (χ0n) is 12.6. The van der Waals surface area contributed by atoms with Crippen LogP contribution in [0.3, 0.4) is 0 Å². The minimum atomic E-state index is -3.21. The molecule has 1 aromatic heterocycles. The zero-order chi connectivity index (χ0) is 15.6. The lowest BCUT2D eigenvalue weighted by molar-refractivity contribution is 0.365. The van der Waals surface area contributed by atoms with E-state index in [-0.39, 0.29) is 11.8 Å². The average molecular weight is 320 g/mol. The molecule has 6 nitrogen and oxygen atoms in total. The molecular formula is C15H20N4O2S. The fraction of sp³-hybridized carbons (Fsp3) is 0.467. The fourth-order valence-corrected chi connectivity index (χ4v) is 3.94. The first-order valence-corrected chi connectivity index (χ1v) is 9.11. The van der Waals surface area contributed by atoms with Crippen molar-refractivity contribution in [1.82, 2.24) is 20.1 Å². The largest absolute Gasteiger partial charge is 0.311 e. The van der Waals surface area contributed by atoms with Gasteiger partial charge in [-0.25, -0.2) is 18.1 Å². The van der Waals surface area contributed by atoms with Gasteiger partial charge in [0.15, 0.2) is 9.84 Å². The molecule has 0 saturated carbocycles. The molecule has 0 aliphatic carbocycles. The predicted octanol–water partition coefficient (Wildman–Crippen LogP) is 0.965. The fourth-order valence-electron chi connectivity index (χ4n) is 2.74. The lowest BCUT2D eigenvalue weighted by Crippen LogP contribution is -2.40. The van der Waals surface area contributed by atoms with Crippen LogP contribution in [0, 0.1) is 6.92 Å². The maximum absolute atomic E-state index is 12.2. The van der Waals surface area contributed by atoms with E-state index in [9.17, 15) is 8.42 Å². The second-order valence-electron chi connectivity index (χ2n) is 5.58. The third kappa shape index (κ3) is 3.36. The van der Waals surface area contributed by atoms with E-state index >= 15 is 0 Å². The minimum Gasteiger partial charge on any atom is -0.311 e. The maximum atomic E-state index is 12.2. The van der Waals surface area contributed by atoms with Crippen molar-refractivity contribution < 1.29 is 8.42 Å². The Morgan fingerprint density at radius 3 is 2.86 bits per heavy atom. The summed E-state index contributed by atoms with van der Waals surface area (Å²) in [5.41, 5.74) is 0. The van der Waals surface area contributed by atoms with Gasteiger partial charge in [-0.3, -0.25) is 0 Å². The van der Waals surface area contributed by atoms with Crippen LogP contribution in [0.1, 0.15) is 18.1 Å². The van der Waals surface area contributed by atoms with Gasteiger partial charge in [0.1, 0.15) is 11.6 Å². The van der Waals surface area contributed by atoms with Crippen LogP contribution in [0.4, 0.5) is 0 Å². The summed E-state index contributed by atoms with van der Waals surface area (Å²) in [6, 6.07) is 8.84. The number of aromatic nitrogens is 3. The minimum absolute atomic E-state index is 0.108. The second-order valence-corrected chi connectivity index (χ2v) is 7.69. The average Bonchev–Trinajstić information content (AvgIpc) is 2.87. The predicted molar refractivity (Wildman–Crippen MR) is 83.4 cm³/mol. The van der Waals surface area contributed by atoms with Crippen molar-refractivity contribution in [3.05, 3.63) is 42.0 Å². The molecule has 0 bridgehead atoms. The molecule has 1 atom stereocenters. The van der Waals surface area contributed by atoms with Gasteiger partial charge in [0.05, 0.1) is 17.2 Å².